The van der Waals surface area contributed by atoms with E-state index < -0.39 is 11.8 Å². The number of benzene rings is 1. The fourth-order valence-corrected chi connectivity index (χ4v) is 2.19. The molecule has 0 saturated carbocycles. The van der Waals surface area contributed by atoms with Crippen LogP contribution >= 0.6 is 11.6 Å². The molecule has 1 atom stereocenters. The van der Waals surface area contributed by atoms with Crippen LogP contribution in [0.4, 0.5) is 4.39 Å². The van der Waals surface area contributed by atoms with Crippen molar-refractivity contribution >= 4 is 17.6 Å². The van der Waals surface area contributed by atoms with Crippen LogP contribution in [0.2, 0.25) is 5.02 Å². The molecule has 3 nitrogen and oxygen atoms in total. The topological polar surface area (TPSA) is 40.5 Å². The number of nitrogens with zero attached hydrogens (tertiary/aromatic N) is 1. The Bertz CT molecular complexity index is 439. The minimum atomic E-state index is -0.755. The number of likely N-dealkylation sites (tertiary alicyclic amines) is 1. The molecule has 1 fully saturated rings. The lowest BCUT2D eigenvalue weighted by atomic mass is 10.1. The molecular formula is C12H13ClFNO2. The van der Waals surface area contributed by atoms with E-state index in [4.69, 9.17) is 16.7 Å². The van der Waals surface area contributed by atoms with E-state index in [-0.39, 0.29) is 10.9 Å². The largest absolute Gasteiger partial charge is 0.481 e. The molecular weight excluding hydrogens is 245 g/mol. The van der Waals surface area contributed by atoms with Crippen molar-refractivity contribution in [1.82, 2.24) is 4.90 Å². The Morgan fingerprint density at radius 3 is 2.94 bits per heavy atom. The van der Waals surface area contributed by atoms with Crippen LogP contribution in [0.5, 0.6) is 0 Å². The quantitative estimate of drug-likeness (QED) is 0.904. The van der Waals surface area contributed by atoms with Gasteiger partial charge in [0.05, 0.1) is 10.9 Å². The van der Waals surface area contributed by atoms with Gasteiger partial charge in [-0.25, -0.2) is 4.39 Å². The van der Waals surface area contributed by atoms with Gasteiger partial charge in [0.15, 0.2) is 0 Å². The molecule has 0 bridgehead atoms. The molecule has 1 saturated heterocycles. The number of carbonyl (C=O) groups is 1. The highest BCUT2D eigenvalue weighted by molar-refractivity contribution is 6.30. The molecule has 92 valence electrons. The third kappa shape index (κ3) is 2.96. The van der Waals surface area contributed by atoms with E-state index in [1.54, 1.807) is 6.07 Å². The van der Waals surface area contributed by atoms with Crippen LogP contribution in [0.25, 0.3) is 0 Å². The summed E-state index contributed by atoms with van der Waals surface area (Å²) in [5.74, 6) is -1.49. The number of hydrogen-bond acceptors (Lipinski definition) is 2. The summed E-state index contributed by atoms with van der Waals surface area (Å²) in [5, 5.41) is 8.98. The number of hydrogen-bond donors (Lipinski definition) is 1. The summed E-state index contributed by atoms with van der Waals surface area (Å²) in [6, 6.07) is 4.69. The van der Waals surface area contributed by atoms with E-state index in [0.717, 1.165) is 12.1 Å². The van der Waals surface area contributed by atoms with Crippen LogP contribution in [-0.2, 0) is 11.3 Å². The number of carboxylic acids is 1. The Morgan fingerprint density at radius 1 is 1.59 bits per heavy atom. The van der Waals surface area contributed by atoms with Gasteiger partial charge in [0.25, 0.3) is 0 Å². The van der Waals surface area contributed by atoms with Gasteiger partial charge in [-0.05, 0) is 30.7 Å². The maximum Gasteiger partial charge on any atom is 0.307 e. The standard InChI is InChI=1S/C12H13ClFNO2/c13-10-2-1-8(5-11(10)14)6-15-4-3-9(7-15)12(16)17/h1-2,5,9H,3-4,6-7H2,(H,16,17). The Morgan fingerprint density at radius 2 is 2.35 bits per heavy atom. The summed E-state index contributed by atoms with van der Waals surface area (Å²) in [7, 11) is 0. The number of rotatable bonds is 3. The molecule has 1 aromatic carbocycles. The molecule has 1 aliphatic heterocycles. The van der Waals surface area contributed by atoms with E-state index in [0.29, 0.717) is 19.5 Å². The second-order valence-electron chi connectivity index (χ2n) is 4.31. The highest BCUT2D eigenvalue weighted by atomic mass is 35.5. The lowest BCUT2D eigenvalue weighted by molar-refractivity contribution is -0.141. The van der Waals surface area contributed by atoms with Crippen molar-refractivity contribution in [2.75, 3.05) is 13.1 Å². The van der Waals surface area contributed by atoms with E-state index in [1.807, 2.05) is 4.90 Å². The zero-order chi connectivity index (χ0) is 12.4. The van der Waals surface area contributed by atoms with Crippen LogP contribution in [0.1, 0.15) is 12.0 Å². The summed E-state index contributed by atoms with van der Waals surface area (Å²) in [4.78, 5) is 12.8. The van der Waals surface area contributed by atoms with Crippen molar-refractivity contribution in [2.45, 2.75) is 13.0 Å². The first-order valence-electron chi connectivity index (χ1n) is 5.45. The summed E-state index contributed by atoms with van der Waals surface area (Å²) in [5.41, 5.74) is 0.818. The van der Waals surface area contributed by atoms with Crippen LogP contribution in [-0.4, -0.2) is 29.1 Å². The van der Waals surface area contributed by atoms with Gasteiger partial charge in [-0.15, -0.1) is 0 Å². The summed E-state index contributed by atoms with van der Waals surface area (Å²) < 4.78 is 13.2. The second-order valence-corrected chi connectivity index (χ2v) is 4.71. The molecule has 2 rings (SSSR count). The Balaban J connectivity index is 1.98. The normalized spacial score (nSPS) is 20.7. The zero-order valence-corrected chi connectivity index (χ0v) is 9.95. The summed E-state index contributed by atoms with van der Waals surface area (Å²) >= 11 is 5.60. The van der Waals surface area contributed by atoms with Crippen molar-refractivity contribution in [3.8, 4) is 0 Å². The SMILES string of the molecule is O=C(O)C1CCN(Cc2ccc(Cl)c(F)c2)C1. The fourth-order valence-electron chi connectivity index (χ4n) is 2.07. The van der Waals surface area contributed by atoms with Gasteiger partial charge in [0, 0.05) is 13.1 Å². The Labute approximate surface area is 104 Å². The minimum Gasteiger partial charge on any atom is -0.481 e. The third-order valence-corrected chi connectivity index (χ3v) is 3.32. The lowest BCUT2D eigenvalue weighted by Crippen LogP contribution is -2.22. The molecule has 1 aliphatic rings. The maximum atomic E-state index is 13.2. The molecule has 1 unspecified atom stereocenters. The maximum absolute atomic E-state index is 13.2. The molecule has 17 heavy (non-hydrogen) atoms. The first-order valence-corrected chi connectivity index (χ1v) is 5.83. The van der Waals surface area contributed by atoms with Gasteiger partial charge >= 0.3 is 5.97 Å². The molecule has 1 heterocycles. The zero-order valence-electron chi connectivity index (χ0n) is 9.20. The molecule has 0 aromatic heterocycles. The predicted octanol–water partition coefficient (Wildman–Crippen LogP) is 2.39. The highest BCUT2D eigenvalue weighted by Gasteiger charge is 2.27. The highest BCUT2D eigenvalue weighted by Crippen LogP contribution is 2.21. The second kappa shape index (κ2) is 5.02. The van der Waals surface area contributed by atoms with Crippen molar-refractivity contribution in [3.05, 3.63) is 34.6 Å². The average Bonchev–Trinajstić information content (AvgIpc) is 2.72. The molecule has 0 radical (unpaired) electrons. The summed E-state index contributed by atoms with van der Waals surface area (Å²) in [6.45, 7) is 1.83. The molecule has 5 heteroatoms. The van der Waals surface area contributed by atoms with Crippen molar-refractivity contribution in [2.24, 2.45) is 5.92 Å². The monoisotopic (exact) mass is 257 g/mol. The molecule has 1 aromatic rings. The predicted molar refractivity (Wildman–Crippen MR) is 62.4 cm³/mol. The Hall–Kier alpha value is -1.13. The van der Waals surface area contributed by atoms with Gasteiger partial charge in [-0.2, -0.15) is 0 Å². The van der Waals surface area contributed by atoms with Crippen LogP contribution in [0.3, 0.4) is 0 Å². The smallest absolute Gasteiger partial charge is 0.307 e. The molecule has 1 N–H and O–H groups in total. The molecule has 0 amide bonds. The van der Waals surface area contributed by atoms with Crippen LogP contribution < -0.4 is 0 Å². The van der Waals surface area contributed by atoms with Gasteiger partial charge in [0.2, 0.25) is 0 Å². The average molecular weight is 258 g/mol. The first-order chi connectivity index (χ1) is 8.06. The molecule has 0 spiro atoms. The number of halogens is 2. The third-order valence-electron chi connectivity index (χ3n) is 3.01. The van der Waals surface area contributed by atoms with Crippen LogP contribution in [0, 0.1) is 11.7 Å². The summed E-state index contributed by atoms with van der Waals surface area (Å²) in [6.07, 6.45) is 0.658. The molecule has 0 aliphatic carbocycles. The van der Waals surface area contributed by atoms with E-state index in [9.17, 15) is 9.18 Å². The Kier molecular flexibility index (Phi) is 3.64. The van der Waals surface area contributed by atoms with E-state index in [1.165, 1.54) is 12.1 Å². The fraction of sp³-hybridized carbons (Fsp3) is 0.417. The van der Waals surface area contributed by atoms with Crippen molar-refractivity contribution in [3.63, 3.8) is 0 Å². The first kappa shape index (κ1) is 12.3. The van der Waals surface area contributed by atoms with E-state index in [2.05, 4.69) is 0 Å². The van der Waals surface area contributed by atoms with Crippen molar-refractivity contribution < 1.29 is 14.3 Å². The van der Waals surface area contributed by atoms with Gasteiger partial charge in [-0.3, -0.25) is 9.69 Å². The lowest BCUT2D eigenvalue weighted by Gasteiger charge is -2.15. The van der Waals surface area contributed by atoms with Crippen molar-refractivity contribution in [1.29, 1.82) is 0 Å². The van der Waals surface area contributed by atoms with Gasteiger partial charge < -0.3 is 5.11 Å². The van der Waals surface area contributed by atoms with Gasteiger partial charge in [-0.1, -0.05) is 17.7 Å². The number of aliphatic carboxylic acids is 1. The van der Waals surface area contributed by atoms with Gasteiger partial charge in [0.1, 0.15) is 5.82 Å². The minimum absolute atomic E-state index is 0.110. The number of carboxylic acid groups (broad SMARTS) is 1. The van der Waals surface area contributed by atoms with Crippen LogP contribution in [0.15, 0.2) is 18.2 Å². The van der Waals surface area contributed by atoms with E-state index >= 15 is 0 Å².